The molecule has 0 rings (SSSR count). The Morgan fingerprint density at radius 1 is 0.684 bits per heavy atom. The quantitative estimate of drug-likeness (QED) is 0.411. The van der Waals surface area contributed by atoms with E-state index in [1.54, 1.807) is 18.2 Å². The van der Waals surface area contributed by atoms with Gasteiger partial charge in [0.2, 0.25) is 0 Å². The van der Waals surface area contributed by atoms with E-state index in [1.165, 1.54) is 0 Å². The molecule has 0 heterocycles. The van der Waals surface area contributed by atoms with Gasteiger partial charge in [0.15, 0.2) is 0 Å². The Bertz CT molecular complexity index is 315. The van der Waals surface area contributed by atoms with Crippen molar-refractivity contribution in [2.75, 3.05) is 18.5 Å². The lowest BCUT2D eigenvalue weighted by molar-refractivity contribution is 0.224. The monoisotopic (exact) mass is 283 g/mol. The molecular weight excluding hydrogens is 265 g/mol. The van der Waals surface area contributed by atoms with Crippen LogP contribution in [0.15, 0.2) is 0 Å². The Morgan fingerprint density at radius 3 is 1.16 bits per heavy atom. The molecule has 0 aromatic rings. The molecule has 3 unspecified atom stereocenters. The van der Waals surface area contributed by atoms with E-state index in [0.717, 1.165) is 0 Å². The Morgan fingerprint density at radius 2 is 0.947 bits per heavy atom. The molecule has 0 amide bonds. The van der Waals surface area contributed by atoms with Gasteiger partial charge in [-0.1, -0.05) is 0 Å². The van der Waals surface area contributed by atoms with Crippen LogP contribution in [-0.4, -0.2) is 52.1 Å². The predicted molar refractivity (Wildman–Crippen MR) is 70.2 cm³/mol. The number of nitriles is 3. The van der Waals surface area contributed by atoms with Gasteiger partial charge in [0.05, 0.1) is 18.2 Å². The third kappa shape index (κ3) is 9.37. The summed E-state index contributed by atoms with van der Waals surface area (Å²) in [4.78, 5) is 0. The van der Waals surface area contributed by atoms with Crippen molar-refractivity contribution < 1.29 is 15.3 Å². The number of rotatable bonds is 9. The lowest BCUT2D eigenvalue weighted by Gasteiger charge is -2.18. The molecule has 0 aromatic carbocycles. The fourth-order valence-corrected chi connectivity index (χ4v) is 3.94. The second-order valence-electron chi connectivity index (χ2n) is 4.14. The summed E-state index contributed by atoms with van der Waals surface area (Å²) in [6.45, 7) is 0. The first kappa shape index (κ1) is 17.8. The molecule has 19 heavy (non-hydrogen) atoms. The number of nitrogens with zero attached hydrogens (tertiary/aromatic N) is 3. The van der Waals surface area contributed by atoms with Crippen LogP contribution in [0, 0.1) is 34.0 Å². The third-order valence-electron chi connectivity index (χ3n) is 2.60. The summed E-state index contributed by atoms with van der Waals surface area (Å²) in [5.41, 5.74) is 0. The van der Waals surface area contributed by atoms with E-state index in [-0.39, 0.29) is 0 Å². The van der Waals surface area contributed by atoms with Gasteiger partial charge in [0.1, 0.15) is 18.3 Å². The topological polar surface area (TPSA) is 132 Å². The van der Waals surface area contributed by atoms with Crippen LogP contribution in [0.2, 0.25) is 0 Å². The number of hydrogen-bond acceptors (Lipinski definition) is 6. The maximum absolute atomic E-state index is 9.20. The van der Waals surface area contributed by atoms with Gasteiger partial charge >= 0.3 is 0 Å². The average molecular weight is 283 g/mol. The van der Waals surface area contributed by atoms with Crippen molar-refractivity contribution in [1.82, 2.24) is 0 Å². The molecule has 0 saturated carbocycles. The summed E-state index contributed by atoms with van der Waals surface area (Å²) in [5, 5.41) is 53.1. The van der Waals surface area contributed by atoms with Crippen molar-refractivity contribution >= 4 is 7.92 Å². The van der Waals surface area contributed by atoms with E-state index in [0.29, 0.717) is 37.7 Å². The molecule has 7 heteroatoms. The van der Waals surface area contributed by atoms with E-state index in [1.807, 2.05) is 0 Å². The van der Waals surface area contributed by atoms with Crippen molar-refractivity contribution in [2.45, 2.75) is 37.6 Å². The SMILES string of the molecule is N#CC(O)CCP(CCC(O)C#N)CCC(O)C#N. The highest BCUT2D eigenvalue weighted by atomic mass is 31.1. The van der Waals surface area contributed by atoms with Gasteiger partial charge < -0.3 is 15.3 Å². The summed E-state index contributed by atoms with van der Waals surface area (Å²) < 4.78 is 0. The number of aliphatic hydroxyl groups is 3. The molecule has 0 radical (unpaired) electrons. The van der Waals surface area contributed by atoms with Crippen LogP contribution in [0.4, 0.5) is 0 Å². The first-order valence-corrected chi connectivity index (χ1v) is 7.88. The Hall–Kier alpha value is -1.22. The first-order valence-electron chi connectivity index (χ1n) is 5.98. The van der Waals surface area contributed by atoms with Crippen molar-refractivity contribution in [3.8, 4) is 18.2 Å². The smallest absolute Gasteiger partial charge is 0.140 e. The highest BCUT2D eigenvalue weighted by Gasteiger charge is 2.15. The molecule has 3 atom stereocenters. The highest BCUT2D eigenvalue weighted by molar-refractivity contribution is 7.57. The zero-order chi connectivity index (χ0) is 14.7. The Labute approximate surface area is 114 Å². The van der Waals surface area contributed by atoms with E-state index >= 15 is 0 Å². The van der Waals surface area contributed by atoms with E-state index in [4.69, 9.17) is 15.8 Å². The van der Waals surface area contributed by atoms with Crippen LogP contribution in [0.3, 0.4) is 0 Å². The van der Waals surface area contributed by atoms with Gasteiger partial charge in [0, 0.05) is 0 Å². The molecule has 104 valence electrons. The number of aliphatic hydroxyl groups excluding tert-OH is 3. The summed E-state index contributed by atoms with van der Waals surface area (Å²) in [6, 6.07) is 5.20. The molecule has 6 nitrogen and oxygen atoms in total. The Kier molecular flexibility index (Phi) is 9.99. The lowest BCUT2D eigenvalue weighted by atomic mass is 10.3. The summed E-state index contributed by atoms with van der Waals surface area (Å²) in [6.07, 6.45) is -0.124. The summed E-state index contributed by atoms with van der Waals surface area (Å²) in [5.74, 6) is 0. The second kappa shape index (κ2) is 10.7. The van der Waals surface area contributed by atoms with E-state index < -0.39 is 26.2 Å². The molecule has 0 spiro atoms. The van der Waals surface area contributed by atoms with Crippen LogP contribution in [-0.2, 0) is 0 Å². The molecule has 0 bridgehead atoms. The minimum atomic E-state index is -1.01. The molecule has 0 aliphatic heterocycles. The molecule has 0 aliphatic rings. The lowest BCUT2D eigenvalue weighted by Crippen LogP contribution is -2.12. The Balaban J connectivity index is 4.19. The maximum atomic E-state index is 9.20. The zero-order valence-corrected chi connectivity index (χ0v) is 11.5. The van der Waals surface area contributed by atoms with Crippen LogP contribution >= 0.6 is 7.92 Å². The third-order valence-corrected chi connectivity index (χ3v) is 5.28. The van der Waals surface area contributed by atoms with Gasteiger partial charge in [-0.25, -0.2) is 0 Å². The number of hydrogen-bond donors (Lipinski definition) is 3. The van der Waals surface area contributed by atoms with Gasteiger partial charge in [-0.2, -0.15) is 15.8 Å². The van der Waals surface area contributed by atoms with E-state index in [9.17, 15) is 15.3 Å². The fraction of sp³-hybridized carbons (Fsp3) is 0.750. The zero-order valence-electron chi connectivity index (χ0n) is 10.6. The largest absolute Gasteiger partial charge is 0.378 e. The minimum absolute atomic E-state index is 0.341. The van der Waals surface area contributed by atoms with Gasteiger partial charge in [-0.05, 0) is 37.7 Å². The molecule has 0 aromatic heterocycles. The summed E-state index contributed by atoms with van der Waals surface area (Å²) in [7, 11) is -0.609. The first-order chi connectivity index (χ1) is 9.03. The molecule has 0 saturated heterocycles. The van der Waals surface area contributed by atoms with Crippen LogP contribution in [0.25, 0.3) is 0 Å². The van der Waals surface area contributed by atoms with Crippen molar-refractivity contribution in [3.05, 3.63) is 0 Å². The highest BCUT2D eigenvalue weighted by Crippen LogP contribution is 2.38. The van der Waals surface area contributed by atoms with Crippen molar-refractivity contribution in [3.63, 3.8) is 0 Å². The fourth-order valence-electron chi connectivity index (χ4n) is 1.44. The standard InChI is InChI=1S/C12H18N3O3P/c13-7-10(16)1-4-19(5-2-11(17)8-14)6-3-12(18)9-15/h10-12,16-18H,1-6H2. The summed E-state index contributed by atoms with van der Waals surface area (Å²) >= 11 is 0. The van der Waals surface area contributed by atoms with Gasteiger partial charge in [0.25, 0.3) is 0 Å². The van der Waals surface area contributed by atoms with Crippen LogP contribution in [0.5, 0.6) is 0 Å². The molecule has 3 N–H and O–H groups in total. The van der Waals surface area contributed by atoms with E-state index in [2.05, 4.69) is 0 Å². The van der Waals surface area contributed by atoms with Crippen molar-refractivity contribution in [1.29, 1.82) is 15.8 Å². The normalized spacial score (nSPS) is 16.4. The maximum Gasteiger partial charge on any atom is 0.140 e. The molecule has 0 aliphatic carbocycles. The predicted octanol–water partition coefficient (Wildman–Crippen LogP) is 0.292. The van der Waals surface area contributed by atoms with Gasteiger partial charge in [-0.15, -0.1) is 7.92 Å². The molecule has 0 fully saturated rings. The minimum Gasteiger partial charge on any atom is -0.378 e. The van der Waals surface area contributed by atoms with Crippen LogP contribution < -0.4 is 0 Å². The molecular formula is C12H18N3O3P. The van der Waals surface area contributed by atoms with Crippen LogP contribution in [0.1, 0.15) is 19.3 Å². The van der Waals surface area contributed by atoms with Gasteiger partial charge in [-0.3, -0.25) is 0 Å². The van der Waals surface area contributed by atoms with Crippen molar-refractivity contribution in [2.24, 2.45) is 0 Å². The second-order valence-corrected chi connectivity index (χ2v) is 6.83. The average Bonchev–Trinajstić information content (AvgIpc) is 2.44.